The predicted octanol–water partition coefficient (Wildman–Crippen LogP) is 2.07. The number of likely N-dealkylation sites (tertiary alicyclic amines) is 1. The maximum absolute atomic E-state index is 12.3. The van der Waals surface area contributed by atoms with Crippen LogP contribution in [0.1, 0.15) is 23.2 Å². The van der Waals surface area contributed by atoms with Gasteiger partial charge in [0.05, 0.1) is 6.54 Å². The average molecular weight is 379 g/mol. The van der Waals surface area contributed by atoms with E-state index in [0.29, 0.717) is 31.5 Å². The van der Waals surface area contributed by atoms with Crippen molar-refractivity contribution in [3.05, 3.63) is 60.2 Å². The Morgan fingerprint density at radius 1 is 0.929 bits per heavy atom. The van der Waals surface area contributed by atoms with E-state index in [0.717, 1.165) is 11.1 Å². The van der Waals surface area contributed by atoms with Crippen molar-refractivity contribution < 1.29 is 14.4 Å². The van der Waals surface area contributed by atoms with E-state index in [9.17, 15) is 14.4 Å². The summed E-state index contributed by atoms with van der Waals surface area (Å²) in [6.45, 7) is 1.04. The molecule has 2 N–H and O–H groups in total. The van der Waals surface area contributed by atoms with Crippen LogP contribution in [0.15, 0.2) is 54.6 Å². The Labute approximate surface area is 164 Å². The molecule has 28 heavy (non-hydrogen) atoms. The Bertz CT molecular complexity index is 826. The average Bonchev–Trinajstić information content (AvgIpc) is 2.77. The second-order valence-electron chi connectivity index (χ2n) is 6.90. The van der Waals surface area contributed by atoms with Gasteiger partial charge >= 0.3 is 0 Å². The van der Waals surface area contributed by atoms with E-state index in [1.807, 2.05) is 42.5 Å². The van der Waals surface area contributed by atoms with Gasteiger partial charge in [-0.15, -0.1) is 0 Å². The van der Waals surface area contributed by atoms with Crippen LogP contribution in [-0.2, 0) is 9.59 Å². The Kier molecular flexibility index (Phi) is 6.42. The lowest BCUT2D eigenvalue weighted by Crippen LogP contribution is -2.46. The number of carbonyl (C=O) groups excluding carboxylic acids is 3. The number of nitrogens with one attached hydrogen (secondary N) is 2. The van der Waals surface area contributed by atoms with E-state index >= 15 is 0 Å². The Hall–Kier alpha value is -3.15. The number of amides is 3. The van der Waals surface area contributed by atoms with Crippen LogP contribution in [0.3, 0.4) is 0 Å². The van der Waals surface area contributed by atoms with Gasteiger partial charge in [0.2, 0.25) is 11.8 Å². The molecule has 1 fully saturated rings. The van der Waals surface area contributed by atoms with Crippen LogP contribution in [0.4, 0.5) is 0 Å². The fourth-order valence-corrected chi connectivity index (χ4v) is 3.41. The largest absolute Gasteiger partial charge is 0.359 e. The lowest BCUT2D eigenvalue weighted by Gasteiger charge is -2.31. The van der Waals surface area contributed by atoms with Gasteiger partial charge < -0.3 is 15.5 Å². The van der Waals surface area contributed by atoms with E-state index in [1.54, 1.807) is 24.1 Å². The monoisotopic (exact) mass is 379 g/mol. The maximum atomic E-state index is 12.3. The van der Waals surface area contributed by atoms with E-state index < -0.39 is 0 Å². The highest BCUT2D eigenvalue weighted by atomic mass is 16.2. The third-order valence-electron chi connectivity index (χ3n) is 5.12. The fourth-order valence-electron chi connectivity index (χ4n) is 3.41. The minimum Gasteiger partial charge on any atom is -0.359 e. The molecule has 0 radical (unpaired) electrons. The minimum absolute atomic E-state index is 0.0272. The third kappa shape index (κ3) is 4.76. The van der Waals surface area contributed by atoms with E-state index in [2.05, 4.69) is 10.6 Å². The van der Waals surface area contributed by atoms with Crippen LogP contribution in [-0.4, -0.2) is 49.3 Å². The zero-order valence-corrected chi connectivity index (χ0v) is 16.0. The molecule has 0 spiro atoms. The summed E-state index contributed by atoms with van der Waals surface area (Å²) in [4.78, 5) is 38.0. The lowest BCUT2D eigenvalue weighted by molar-refractivity contribution is -0.134. The molecule has 146 valence electrons. The van der Waals surface area contributed by atoms with Gasteiger partial charge in [0.15, 0.2) is 0 Å². The molecule has 2 aromatic carbocycles. The smallest absolute Gasteiger partial charge is 0.251 e. The topological polar surface area (TPSA) is 78.5 Å². The van der Waals surface area contributed by atoms with Gasteiger partial charge in [-0.05, 0) is 36.1 Å². The van der Waals surface area contributed by atoms with E-state index in [-0.39, 0.29) is 30.2 Å². The van der Waals surface area contributed by atoms with Crippen molar-refractivity contribution in [3.8, 4) is 11.1 Å². The van der Waals surface area contributed by atoms with Crippen molar-refractivity contribution >= 4 is 17.7 Å². The first kappa shape index (κ1) is 19.6. The molecule has 0 unspecified atom stereocenters. The highest BCUT2D eigenvalue weighted by Crippen LogP contribution is 2.19. The number of nitrogens with zero attached hydrogens (tertiary/aromatic N) is 1. The number of rotatable bonds is 5. The molecule has 2 aromatic rings. The van der Waals surface area contributed by atoms with Gasteiger partial charge in [0.25, 0.3) is 5.91 Å². The standard InChI is InChI=1S/C22H25N3O3/c1-23-21(27)19-11-13-25(14-12-19)20(26)15-24-22(28)18-9-7-17(8-10-18)16-5-3-2-4-6-16/h2-10,19H,11-15H2,1H3,(H,23,27)(H,24,28). The predicted molar refractivity (Wildman–Crippen MR) is 108 cm³/mol. The summed E-state index contributed by atoms with van der Waals surface area (Å²) in [5, 5.41) is 5.34. The summed E-state index contributed by atoms with van der Waals surface area (Å²) in [5.74, 6) is -0.399. The maximum Gasteiger partial charge on any atom is 0.251 e. The molecule has 1 saturated heterocycles. The first-order chi connectivity index (χ1) is 13.6. The van der Waals surface area contributed by atoms with Gasteiger partial charge in [0, 0.05) is 31.6 Å². The van der Waals surface area contributed by atoms with Crippen LogP contribution in [0.25, 0.3) is 11.1 Å². The van der Waals surface area contributed by atoms with Crippen molar-refractivity contribution in [2.24, 2.45) is 5.92 Å². The zero-order chi connectivity index (χ0) is 19.9. The van der Waals surface area contributed by atoms with Crippen LogP contribution in [0, 0.1) is 5.92 Å². The number of hydrogen-bond donors (Lipinski definition) is 2. The molecule has 0 aliphatic carbocycles. The minimum atomic E-state index is -0.270. The lowest BCUT2D eigenvalue weighted by atomic mass is 9.96. The Balaban J connectivity index is 1.49. The van der Waals surface area contributed by atoms with Gasteiger partial charge in [-0.2, -0.15) is 0 Å². The molecule has 1 heterocycles. The molecule has 0 aromatic heterocycles. The molecular weight excluding hydrogens is 354 g/mol. The van der Waals surface area contributed by atoms with Gasteiger partial charge in [-0.1, -0.05) is 42.5 Å². The van der Waals surface area contributed by atoms with Gasteiger partial charge in [-0.3, -0.25) is 14.4 Å². The first-order valence-electron chi connectivity index (χ1n) is 9.51. The quantitative estimate of drug-likeness (QED) is 0.835. The second kappa shape index (κ2) is 9.17. The van der Waals surface area contributed by atoms with Crippen LogP contribution >= 0.6 is 0 Å². The summed E-state index contributed by atoms with van der Waals surface area (Å²) < 4.78 is 0. The van der Waals surface area contributed by atoms with Gasteiger partial charge in [0.1, 0.15) is 0 Å². The second-order valence-corrected chi connectivity index (χ2v) is 6.90. The highest BCUT2D eigenvalue weighted by molar-refractivity contribution is 5.96. The Morgan fingerprint density at radius 2 is 1.54 bits per heavy atom. The molecule has 0 saturated carbocycles. The normalized spacial score (nSPS) is 14.4. The number of hydrogen-bond acceptors (Lipinski definition) is 3. The highest BCUT2D eigenvalue weighted by Gasteiger charge is 2.26. The fraction of sp³-hybridized carbons (Fsp3) is 0.318. The van der Waals surface area contributed by atoms with Crippen LogP contribution in [0.5, 0.6) is 0 Å². The zero-order valence-electron chi connectivity index (χ0n) is 16.0. The van der Waals surface area contributed by atoms with Crippen molar-refractivity contribution in [3.63, 3.8) is 0 Å². The summed E-state index contributed by atoms with van der Waals surface area (Å²) in [6.07, 6.45) is 1.31. The number of carbonyl (C=O) groups is 3. The Morgan fingerprint density at radius 3 is 2.14 bits per heavy atom. The van der Waals surface area contributed by atoms with Crippen molar-refractivity contribution in [1.82, 2.24) is 15.5 Å². The number of piperidine rings is 1. The molecule has 0 atom stereocenters. The molecule has 1 aliphatic heterocycles. The molecule has 3 amide bonds. The summed E-state index contributed by atoms with van der Waals surface area (Å²) >= 11 is 0. The molecule has 0 bridgehead atoms. The first-order valence-corrected chi connectivity index (χ1v) is 9.51. The summed E-state index contributed by atoms with van der Waals surface area (Å²) in [5.41, 5.74) is 2.64. The van der Waals surface area contributed by atoms with Crippen molar-refractivity contribution in [2.75, 3.05) is 26.7 Å². The molecular formula is C22H25N3O3. The molecule has 6 nitrogen and oxygen atoms in total. The molecule has 3 rings (SSSR count). The number of benzene rings is 2. The van der Waals surface area contributed by atoms with Crippen molar-refractivity contribution in [1.29, 1.82) is 0 Å². The van der Waals surface area contributed by atoms with Crippen LogP contribution in [0.2, 0.25) is 0 Å². The third-order valence-corrected chi connectivity index (χ3v) is 5.12. The SMILES string of the molecule is CNC(=O)C1CCN(C(=O)CNC(=O)c2ccc(-c3ccccc3)cc2)CC1. The molecule has 6 heteroatoms. The summed E-state index contributed by atoms with van der Waals surface area (Å²) in [6, 6.07) is 17.3. The van der Waals surface area contributed by atoms with Crippen molar-refractivity contribution in [2.45, 2.75) is 12.8 Å². The van der Waals surface area contributed by atoms with Gasteiger partial charge in [-0.25, -0.2) is 0 Å². The van der Waals surface area contributed by atoms with Crippen LogP contribution < -0.4 is 10.6 Å². The molecule has 1 aliphatic rings. The summed E-state index contributed by atoms with van der Waals surface area (Å²) in [7, 11) is 1.63. The van der Waals surface area contributed by atoms with E-state index in [4.69, 9.17) is 0 Å². The van der Waals surface area contributed by atoms with E-state index in [1.165, 1.54) is 0 Å².